The van der Waals surface area contributed by atoms with Crippen molar-refractivity contribution in [3.63, 3.8) is 0 Å². The van der Waals surface area contributed by atoms with Crippen molar-refractivity contribution in [2.24, 2.45) is 0 Å². The van der Waals surface area contributed by atoms with Crippen LogP contribution in [-0.2, 0) is 13.0 Å². The number of aryl methyl sites for hydroxylation is 3. The summed E-state index contributed by atoms with van der Waals surface area (Å²) in [5.74, 6) is 1.78. The van der Waals surface area contributed by atoms with Crippen LogP contribution in [0.1, 0.15) is 23.9 Å². The second-order valence-corrected chi connectivity index (χ2v) is 6.19. The van der Waals surface area contributed by atoms with Crippen LogP contribution in [0.25, 0.3) is 11.0 Å². The number of ether oxygens (including phenoxy) is 1. The van der Waals surface area contributed by atoms with Crippen molar-refractivity contribution < 1.29 is 9.84 Å². The van der Waals surface area contributed by atoms with Crippen molar-refractivity contribution in [1.82, 2.24) is 9.55 Å². The minimum Gasteiger partial charge on any atom is -0.491 e. The van der Waals surface area contributed by atoms with Crippen LogP contribution >= 0.6 is 0 Å². The number of hydrogen-bond acceptors (Lipinski definition) is 3. The Morgan fingerprint density at radius 3 is 2.67 bits per heavy atom. The second kappa shape index (κ2) is 7.05. The number of hydrogen-bond donors (Lipinski definition) is 1. The molecule has 0 fully saturated rings. The quantitative estimate of drug-likeness (QED) is 0.753. The summed E-state index contributed by atoms with van der Waals surface area (Å²) in [5.41, 5.74) is 4.45. The Labute approximate surface area is 142 Å². The van der Waals surface area contributed by atoms with E-state index in [1.807, 2.05) is 42.5 Å². The Balaban J connectivity index is 1.70. The molecule has 3 aromatic rings. The van der Waals surface area contributed by atoms with Crippen molar-refractivity contribution in [1.29, 1.82) is 0 Å². The lowest BCUT2D eigenvalue weighted by Crippen LogP contribution is -2.24. The fourth-order valence-electron chi connectivity index (χ4n) is 2.86. The molecule has 1 atom stereocenters. The van der Waals surface area contributed by atoms with E-state index in [9.17, 15) is 5.11 Å². The third kappa shape index (κ3) is 3.44. The van der Waals surface area contributed by atoms with E-state index in [1.165, 1.54) is 11.1 Å². The molecule has 4 heteroatoms. The van der Waals surface area contributed by atoms with Gasteiger partial charge in [0.2, 0.25) is 0 Å². The van der Waals surface area contributed by atoms with E-state index in [0.717, 1.165) is 29.0 Å². The van der Waals surface area contributed by atoms with Crippen molar-refractivity contribution >= 4 is 11.0 Å². The number of aliphatic hydroxyl groups excluding tert-OH is 1. The average Bonchev–Trinajstić information content (AvgIpc) is 2.94. The number of imidazole rings is 1. The van der Waals surface area contributed by atoms with Gasteiger partial charge in [0.15, 0.2) is 0 Å². The topological polar surface area (TPSA) is 47.3 Å². The molecule has 0 aliphatic carbocycles. The van der Waals surface area contributed by atoms with Crippen LogP contribution in [0.2, 0.25) is 0 Å². The van der Waals surface area contributed by atoms with Gasteiger partial charge in [-0.05, 0) is 49.2 Å². The summed E-state index contributed by atoms with van der Waals surface area (Å²) in [6, 6.07) is 14.0. The Morgan fingerprint density at radius 1 is 1.12 bits per heavy atom. The first-order valence-corrected chi connectivity index (χ1v) is 8.40. The van der Waals surface area contributed by atoms with Gasteiger partial charge in [0.25, 0.3) is 0 Å². The molecule has 1 N–H and O–H groups in total. The maximum absolute atomic E-state index is 10.4. The third-order valence-corrected chi connectivity index (χ3v) is 4.36. The van der Waals surface area contributed by atoms with Crippen LogP contribution in [0.15, 0.2) is 42.5 Å². The predicted octanol–water partition coefficient (Wildman–Crippen LogP) is 3.66. The second-order valence-electron chi connectivity index (χ2n) is 6.19. The van der Waals surface area contributed by atoms with Crippen LogP contribution in [0.4, 0.5) is 0 Å². The summed E-state index contributed by atoms with van der Waals surface area (Å²) in [6.07, 6.45) is 0.244. The highest BCUT2D eigenvalue weighted by Crippen LogP contribution is 2.19. The van der Waals surface area contributed by atoms with Crippen LogP contribution in [0.5, 0.6) is 5.75 Å². The molecule has 0 bridgehead atoms. The highest BCUT2D eigenvalue weighted by atomic mass is 16.5. The molecule has 3 rings (SSSR count). The van der Waals surface area contributed by atoms with Crippen molar-refractivity contribution in [3.8, 4) is 5.75 Å². The highest BCUT2D eigenvalue weighted by Gasteiger charge is 2.13. The standard InChI is InChI=1S/C20H24N2O2/c1-4-20-21-18-7-5-6-8-19(18)22(20)12-16(23)13-24-17-10-9-14(2)15(3)11-17/h5-11,16,23H,4,12-13H2,1-3H3. The van der Waals surface area contributed by atoms with Crippen LogP contribution < -0.4 is 4.74 Å². The highest BCUT2D eigenvalue weighted by molar-refractivity contribution is 5.75. The smallest absolute Gasteiger partial charge is 0.119 e. The molecule has 1 aromatic heterocycles. The van der Waals surface area contributed by atoms with Gasteiger partial charge < -0.3 is 14.4 Å². The minimum absolute atomic E-state index is 0.262. The number of nitrogens with zero attached hydrogens (tertiary/aromatic N) is 2. The molecule has 0 radical (unpaired) electrons. The lowest BCUT2D eigenvalue weighted by Gasteiger charge is -2.16. The lowest BCUT2D eigenvalue weighted by molar-refractivity contribution is 0.0927. The van der Waals surface area contributed by atoms with E-state index in [1.54, 1.807) is 0 Å². The zero-order valence-corrected chi connectivity index (χ0v) is 14.5. The van der Waals surface area contributed by atoms with Gasteiger partial charge >= 0.3 is 0 Å². The Hall–Kier alpha value is -2.33. The van der Waals surface area contributed by atoms with Gasteiger partial charge in [-0.3, -0.25) is 0 Å². The Bertz CT molecular complexity index is 839. The summed E-state index contributed by atoms with van der Waals surface area (Å²) < 4.78 is 7.84. The maximum atomic E-state index is 10.4. The van der Waals surface area contributed by atoms with E-state index in [0.29, 0.717) is 6.54 Å². The minimum atomic E-state index is -0.588. The maximum Gasteiger partial charge on any atom is 0.119 e. The zero-order valence-electron chi connectivity index (χ0n) is 14.5. The summed E-state index contributed by atoms with van der Waals surface area (Å²) in [7, 11) is 0. The van der Waals surface area contributed by atoms with E-state index < -0.39 is 6.10 Å². The lowest BCUT2D eigenvalue weighted by atomic mass is 10.1. The molecule has 0 spiro atoms. The number of rotatable bonds is 6. The monoisotopic (exact) mass is 324 g/mol. The normalized spacial score (nSPS) is 12.5. The summed E-state index contributed by atoms with van der Waals surface area (Å²) >= 11 is 0. The van der Waals surface area contributed by atoms with Gasteiger partial charge in [-0.1, -0.05) is 25.1 Å². The predicted molar refractivity (Wildman–Crippen MR) is 96.5 cm³/mol. The van der Waals surface area contributed by atoms with Gasteiger partial charge in [-0.15, -0.1) is 0 Å². The fraction of sp³-hybridized carbons (Fsp3) is 0.350. The summed E-state index contributed by atoms with van der Waals surface area (Å²) in [6.45, 7) is 6.95. The van der Waals surface area contributed by atoms with Gasteiger partial charge in [0.1, 0.15) is 24.3 Å². The van der Waals surface area contributed by atoms with Gasteiger partial charge in [0, 0.05) is 6.42 Å². The number of para-hydroxylation sites is 2. The van der Waals surface area contributed by atoms with Crippen molar-refractivity contribution in [2.45, 2.75) is 39.8 Å². The van der Waals surface area contributed by atoms with Gasteiger partial charge in [-0.25, -0.2) is 4.98 Å². The number of fused-ring (bicyclic) bond motifs is 1. The third-order valence-electron chi connectivity index (χ3n) is 4.36. The molecule has 1 unspecified atom stereocenters. The molecule has 0 aliphatic rings. The molecule has 24 heavy (non-hydrogen) atoms. The summed E-state index contributed by atoms with van der Waals surface area (Å²) in [5, 5.41) is 10.4. The van der Waals surface area contributed by atoms with Crippen LogP contribution in [0.3, 0.4) is 0 Å². The Kier molecular flexibility index (Phi) is 4.86. The molecular formula is C20H24N2O2. The SMILES string of the molecule is CCc1nc2ccccc2n1CC(O)COc1ccc(C)c(C)c1. The molecule has 1 heterocycles. The number of aliphatic hydroxyl groups is 1. The molecule has 126 valence electrons. The van der Waals surface area contributed by atoms with Crippen LogP contribution in [0, 0.1) is 13.8 Å². The average molecular weight is 324 g/mol. The molecule has 4 nitrogen and oxygen atoms in total. The van der Waals surface area contributed by atoms with Crippen molar-refractivity contribution in [2.75, 3.05) is 6.61 Å². The van der Waals surface area contributed by atoms with Gasteiger partial charge in [0.05, 0.1) is 17.6 Å². The van der Waals surface area contributed by atoms with E-state index in [4.69, 9.17) is 4.74 Å². The first-order valence-electron chi connectivity index (χ1n) is 8.40. The molecule has 0 aliphatic heterocycles. The Morgan fingerprint density at radius 2 is 1.92 bits per heavy atom. The first kappa shape index (κ1) is 16.5. The molecule has 0 saturated carbocycles. The number of aromatic nitrogens is 2. The largest absolute Gasteiger partial charge is 0.491 e. The molecule has 0 amide bonds. The number of benzene rings is 2. The van der Waals surface area contributed by atoms with E-state index in [2.05, 4.69) is 30.3 Å². The first-order chi connectivity index (χ1) is 11.6. The zero-order chi connectivity index (χ0) is 17.1. The van der Waals surface area contributed by atoms with E-state index >= 15 is 0 Å². The van der Waals surface area contributed by atoms with Crippen LogP contribution in [-0.4, -0.2) is 27.4 Å². The molecular weight excluding hydrogens is 300 g/mol. The van der Waals surface area contributed by atoms with E-state index in [-0.39, 0.29) is 6.61 Å². The molecule has 0 saturated heterocycles. The van der Waals surface area contributed by atoms with Crippen molar-refractivity contribution in [3.05, 3.63) is 59.4 Å². The summed E-state index contributed by atoms with van der Waals surface area (Å²) in [4.78, 5) is 4.63. The fourth-order valence-corrected chi connectivity index (χ4v) is 2.86. The van der Waals surface area contributed by atoms with Gasteiger partial charge in [-0.2, -0.15) is 0 Å². The molecule has 2 aromatic carbocycles.